The van der Waals surface area contributed by atoms with Crippen molar-refractivity contribution < 1.29 is 9.53 Å². The number of nitrogens with zero attached hydrogens (tertiary/aromatic N) is 2. The summed E-state index contributed by atoms with van der Waals surface area (Å²) in [5.41, 5.74) is 9.28. The molecule has 1 spiro atoms. The first-order valence-corrected chi connectivity index (χ1v) is 8.56. The highest BCUT2D eigenvalue weighted by molar-refractivity contribution is 6.18. The van der Waals surface area contributed by atoms with Crippen molar-refractivity contribution in [3.05, 3.63) is 54.1 Å². The minimum atomic E-state index is -0.0334. The van der Waals surface area contributed by atoms with Crippen molar-refractivity contribution in [3.8, 4) is 5.75 Å². The van der Waals surface area contributed by atoms with Gasteiger partial charge in [0.2, 0.25) is 0 Å². The van der Waals surface area contributed by atoms with Crippen molar-refractivity contribution in [2.45, 2.75) is 24.8 Å². The highest BCUT2D eigenvalue weighted by Gasteiger charge is 2.44. The summed E-state index contributed by atoms with van der Waals surface area (Å²) in [7, 11) is 0. The molecule has 3 N–H and O–H groups in total. The molecule has 1 aromatic heterocycles. The van der Waals surface area contributed by atoms with Crippen molar-refractivity contribution >= 4 is 11.5 Å². The summed E-state index contributed by atoms with van der Waals surface area (Å²) in [5, 5.41) is 0. The van der Waals surface area contributed by atoms with Crippen LogP contribution < -0.4 is 10.5 Å². The molecule has 0 radical (unpaired) electrons. The molecule has 0 bridgehead atoms. The molecular weight excluding hydrogens is 316 g/mol. The van der Waals surface area contributed by atoms with Gasteiger partial charge >= 0.3 is 0 Å². The van der Waals surface area contributed by atoms with E-state index in [0.29, 0.717) is 37.5 Å². The molecule has 130 valence electrons. The summed E-state index contributed by atoms with van der Waals surface area (Å²) in [6.45, 7) is 6.52. The van der Waals surface area contributed by atoms with Crippen LogP contribution in [0.25, 0.3) is 5.57 Å². The van der Waals surface area contributed by atoms with E-state index in [0.717, 1.165) is 24.2 Å². The topological polar surface area (TPSA) is 84.2 Å². The van der Waals surface area contributed by atoms with E-state index in [2.05, 4.69) is 22.6 Å². The molecule has 1 fully saturated rings. The Balaban J connectivity index is 1.49. The van der Waals surface area contributed by atoms with E-state index in [1.165, 1.54) is 5.56 Å². The van der Waals surface area contributed by atoms with E-state index in [1.54, 1.807) is 12.5 Å². The average Bonchev–Trinajstić information content (AvgIpc) is 3.30. The maximum absolute atomic E-state index is 12.7. The van der Waals surface area contributed by atoms with Crippen LogP contribution in [0.1, 0.15) is 29.7 Å². The van der Waals surface area contributed by atoms with Crippen LogP contribution in [-0.4, -0.2) is 40.5 Å². The molecule has 4 rings (SSSR count). The number of fused-ring (bicyclic) bond motifs is 2. The van der Waals surface area contributed by atoms with Gasteiger partial charge in [0, 0.05) is 30.6 Å². The summed E-state index contributed by atoms with van der Waals surface area (Å²) >= 11 is 0. The Labute approximate surface area is 146 Å². The van der Waals surface area contributed by atoms with Crippen LogP contribution >= 0.6 is 0 Å². The molecule has 6 nitrogen and oxygen atoms in total. The van der Waals surface area contributed by atoms with Crippen molar-refractivity contribution in [1.29, 1.82) is 0 Å². The number of aromatic amines is 1. The van der Waals surface area contributed by atoms with Crippen LogP contribution in [0.2, 0.25) is 0 Å². The van der Waals surface area contributed by atoms with Crippen LogP contribution in [-0.2, 0) is 16.8 Å². The lowest BCUT2D eigenvalue weighted by Crippen LogP contribution is -2.46. The number of likely N-dealkylation sites (tertiary alicyclic amines) is 1. The molecule has 25 heavy (non-hydrogen) atoms. The number of nitrogens with two attached hydrogens (primary N) is 1. The fourth-order valence-electron chi connectivity index (χ4n) is 3.82. The van der Waals surface area contributed by atoms with Gasteiger partial charge in [-0.15, -0.1) is 0 Å². The number of hydrogen-bond donors (Lipinski definition) is 2. The Hall–Kier alpha value is -2.60. The van der Waals surface area contributed by atoms with Crippen molar-refractivity contribution in [2.24, 2.45) is 5.73 Å². The normalized spacial score (nSPS) is 18.0. The smallest absolute Gasteiger partial charge is 0.255 e. The molecule has 6 heteroatoms. The fraction of sp³-hybridized carbons (Fsp3) is 0.368. The number of piperidine rings is 1. The number of carbonyl (C=O) groups excluding carboxylic acids is 1. The molecule has 2 aromatic rings. The lowest BCUT2D eigenvalue weighted by Gasteiger charge is -2.38. The minimum Gasteiger partial charge on any atom is -0.492 e. The second kappa shape index (κ2) is 6.04. The van der Waals surface area contributed by atoms with Crippen LogP contribution in [0, 0.1) is 0 Å². The van der Waals surface area contributed by atoms with E-state index in [4.69, 9.17) is 10.5 Å². The molecule has 0 saturated carbocycles. The standard InChI is InChI=1S/C19H22N4O2/c1-13(16-10-21-12-22-16)18(24)23-6-4-19(5-7-23)11-25-17-3-2-14(9-20)8-15(17)19/h2-3,8,10,12H,1,4-7,9,11,20H2,(H,21,22). The summed E-state index contributed by atoms with van der Waals surface area (Å²) in [6.07, 6.45) is 4.95. The third-order valence-corrected chi connectivity index (χ3v) is 5.44. The number of imidazole rings is 1. The van der Waals surface area contributed by atoms with Gasteiger partial charge in [0.15, 0.2) is 0 Å². The van der Waals surface area contributed by atoms with E-state index in [1.807, 2.05) is 17.0 Å². The van der Waals surface area contributed by atoms with Gasteiger partial charge in [-0.2, -0.15) is 0 Å². The Morgan fingerprint density at radius 1 is 1.40 bits per heavy atom. The number of H-pyrrole nitrogens is 1. The number of aromatic nitrogens is 2. The fourth-order valence-corrected chi connectivity index (χ4v) is 3.82. The lowest BCUT2D eigenvalue weighted by atomic mass is 9.74. The van der Waals surface area contributed by atoms with E-state index in [-0.39, 0.29) is 11.3 Å². The monoisotopic (exact) mass is 338 g/mol. The Morgan fingerprint density at radius 2 is 2.20 bits per heavy atom. The Bertz CT molecular complexity index is 805. The zero-order chi connectivity index (χ0) is 17.4. The van der Waals surface area contributed by atoms with Crippen molar-refractivity contribution in [1.82, 2.24) is 14.9 Å². The predicted molar refractivity (Wildman–Crippen MR) is 94.9 cm³/mol. The third kappa shape index (κ3) is 2.62. The quantitative estimate of drug-likeness (QED) is 0.836. The van der Waals surface area contributed by atoms with Crippen molar-refractivity contribution in [2.75, 3.05) is 19.7 Å². The maximum atomic E-state index is 12.7. The minimum absolute atomic E-state index is 0.00733. The van der Waals surface area contributed by atoms with Gasteiger partial charge in [-0.1, -0.05) is 18.7 Å². The summed E-state index contributed by atoms with van der Waals surface area (Å²) in [5.74, 6) is 0.924. The maximum Gasteiger partial charge on any atom is 0.255 e. The second-order valence-corrected chi connectivity index (χ2v) is 6.84. The molecule has 2 aliphatic rings. The molecular formula is C19H22N4O2. The van der Waals surface area contributed by atoms with E-state index >= 15 is 0 Å². The number of carbonyl (C=O) groups is 1. The van der Waals surface area contributed by atoms with Gasteiger partial charge in [0.25, 0.3) is 5.91 Å². The number of rotatable bonds is 3. The van der Waals surface area contributed by atoms with Gasteiger partial charge in [-0.25, -0.2) is 4.98 Å². The molecule has 2 aliphatic heterocycles. The van der Waals surface area contributed by atoms with Crippen LogP contribution in [0.3, 0.4) is 0 Å². The van der Waals surface area contributed by atoms with Crippen LogP contribution in [0.15, 0.2) is 37.3 Å². The van der Waals surface area contributed by atoms with Gasteiger partial charge in [0.1, 0.15) is 5.75 Å². The number of nitrogens with one attached hydrogen (secondary N) is 1. The second-order valence-electron chi connectivity index (χ2n) is 6.84. The first-order chi connectivity index (χ1) is 12.1. The van der Waals surface area contributed by atoms with E-state index in [9.17, 15) is 4.79 Å². The predicted octanol–water partition coefficient (Wildman–Crippen LogP) is 1.83. The summed E-state index contributed by atoms with van der Waals surface area (Å²) in [4.78, 5) is 21.4. The molecule has 1 aromatic carbocycles. The first-order valence-electron chi connectivity index (χ1n) is 8.56. The number of benzene rings is 1. The number of amides is 1. The van der Waals surface area contributed by atoms with Gasteiger partial charge in [-0.05, 0) is 24.5 Å². The van der Waals surface area contributed by atoms with Gasteiger partial charge in [-0.3, -0.25) is 4.79 Å². The molecule has 1 saturated heterocycles. The average molecular weight is 338 g/mol. The van der Waals surface area contributed by atoms with Crippen molar-refractivity contribution in [3.63, 3.8) is 0 Å². The summed E-state index contributed by atoms with van der Waals surface area (Å²) in [6, 6.07) is 6.21. The first kappa shape index (κ1) is 15.9. The van der Waals surface area contributed by atoms with E-state index < -0.39 is 0 Å². The lowest BCUT2D eigenvalue weighted by molar-refractivity contribution is -0.126. The summed E-state index contributed by atoms with van der Waals surface area (Å²) < 4.78 is 5.92. The van der Waals surface area contributed by atoms with Crippen LogP contribution in [0.4, 0.5) is 0 Å². The van der Waals surface area contributed by atoms with Gasteiger partial charge in [0.05, 0.1) is 30.4 Å². The molecule has 1 amide bonds. The zero-order valence-electron chi connectivity index (χ0n) is 14.1. The van der Waals surface area contributed by atoms with Crippen LogP contribution in [0.5, 0.6) is 5.75 Å². The third-order valence-electron chi connectivity index (χ3n) is 5.44. The molecule has 0 aliphatic carbocycles. The molecule has 3 heterocycles. The highest BCUT2D eigenvalue weighted by Crippen LogP contribution is 2.46. The molecule has 0 unspecified atom stereocenters. The molecule has 0 atom stereocenters. The zero-order valence-corrected chi connectivity index (χ0v) is 14.1. The Morgan fingerprint density at radius 3 is 2.88 bits per heavy atom. The SMILES string of the molecule is C=C(C(=O)N1CCC2(CC1)COc1ccc(CN)cc12)c1cnc[nH]1. The number of hydrogen-bond acceptors (Lipinski definition) is 4. The highest BCUT2D eigenvalue weighted by atomic mass is 16.5. The number of ether oxygens (including phenoxy) is 1. The van der Waals surface area contributed by atoms with Gasteiger partial charge < -0.3 is 20.4 Å². The Kier molecular flexibility index (Phi) is 3.84. The largest absolute Gasteiger partial charge is 0.492 e.